The summed E-state index contributed by atoms with van der Waals surface area (Å²) >= 11 is 3.50. The van der Waals surface area contributed by atoms with Gasteiger partial charge in [-0.2, -0.15) is 4.98 Å². The summed E-state index contributed by atoms with van der Waals surface area (Å²) in [7, 11) is 1.92. The molecular formula is C14H18BrN3O2. The first-order valence-corrected chi connectivity index (χ1v) is 7.39. The van der Waals surface area contributed by atoms with Gasteiger partial charge in [0.05, 0.1) is 4.47 Å². The van der Waals surface area contributed by atoms with Gasteiger partial charge < -0.3 is 14.6 Å². The van der Waals surface area contributed by atoms with Crippen LogP contribution in [0.2, 0.25) is 0 Å². The summed E-state index contributed by atoms with van der Waals surface area (Å²) in [5.74, 6) is 2.00. The Hall–Kier alpha value is -1.40. The van der Waals surface area contributed by atoms with Crippen molar-refractivity contribution in [3.05, 3.63) is 40.0 Å². The van der Waals surface area contributed by atoms with Crippen LogP contribution in [0.15, 0.2) is 27.2 Å². The maximum absolute atomic E-state index is 5.70. The van der Waals surface area contributed by atoms with E-state index in [1.165, 1.54) is 5.56 Å². The summed E-state index contributed by atoms with van der Waals surface area (Å²) in [6.07, 6.45) is 1.79. The highest BCUT2D eigenvalue weighted by Gasteiger charge is 2.08. The third kappa shape index (κ3) is 4.05. The standard InChI is InChI=1S/C14H18BrN3O2/c1-3-4-14-17-13(18-20-14)9-19-12-6-5-10(8-16-2)7-11(12)15/h5-7,16H,3-4,8-9H2,1-2H3. The summed E-state index contributed by atoms with van der Waals surface area (Å²) in [4.78, 5) is 4.26. The van der Waals surface area contributed by atoms with Crippen LogP contribution in [0.1, 0.15) is 30.6 Å². The van der Waals surface area contributed by atoms with E-state index in [1.807, 2.05) is 25.2 Å². The van der Waals surface area contributed by atoms with Crippen LogP contribution in [-0.2, 0) is 19.6 Å². The first-order chi connectivity index (χ1) is 9.72. The Labute approximate surface area is 126 Å². The summed E-state index contributed by atoms with van der Waals surface area (Å²) < 4.78 is 11.7. The predicted octanol–water partition coefficient (Wildman–Crippen LogP) is 3.08. The third-order valence-electron chi connectivity index (χ3n) is 2.71. The van der Waals surface area contributed by atoms with E-state index < -0.39 is 0 Å². The number of hydrogen-bond acceptors (Lipinski definition) is 5. The molecule has 1 heterocycles. The number of rotatable bonds is 7. The number of aromatic nitrogens is 2. The normalized spacial score (nSPS) is 10.8. The zero-order chi connectivity index (χ0) is 14.4. The molecule has 20 heavy (non-hydrogen) atoms. The van der Waals surface area contributed by atoms with Gasteiger partial charge in [-0.25, -0.2) is 0 Å². The van der Waals surface area contributed by atoms with Crippen molar-refractivity contribution in [2.75, 3.05) is 7.05 Å². The minimum Gasteiger partial charge on any atom is -0.484 e. The molecule has 0 aliphatic carbocycles. The van der Waals surface area contributed by atoms with E-state index in [4.69, 9.17) is 9.26 Å². The van der Waals surface area contributed by atoms with Gasteiger partial charge >= 0.3 is 0 Å². The lowest BCUT2D eigenvalue weighted by molar-refractivity contribution is 0.283. The highest BCUT2D eigenvalue weighted by molar-refractivity contribution is 9.10. The molecule has 2 rings (SSSR count). The van der Waals surface area contributed by atoms with Gasteiger partial charge in [0.15, 0.2) is 6.61 Å². The Morgan fingerprint density at radius 1 is 1.40 bits per heavy atom. The summed E-state index contributed by atoms with van der Waals surface area (Å²) in [6.45, 7) is 3.20. The largest absolute Gasteiger partial charge is 0.484 e. The maximum atomic E-state index is 5.70. The van der Waals surface area contributed by atoms with Crippen LogP contribution < -0.4 is 10.1 Å². The molecule has 0 atom stereocenters. The lowest BCUT2D eigenvalue weighted by Crippen LogP contribution is -2.05. The average molecular weight is 340 g/mol. The number of nitrogens with one attached hydrogen (secondary N) is 1. The minimum absolute atomic E-state index is 0.303. The van der Waals surface area contributed by atoms with Crippen LogP contribution >= 0.6 is 15.9 Å². The van der Waals surface area contributed by atoms with Crippen LogP contribution in [0.4, 0.5) is 0 Å². The van der Waals surface area contributed by atoms with Crippen LogP contribution in [0, 0.1) is 0 Å². The molecular weight excluding hydrogens is 322 g/mol. The molecule has 0 fully saturated rings. The first kappa shape index (κ1) is 15.0. The molecule has 0 radical (unpaired) electrons. The predicted molar refractivity (Wildman–Crippen MR) is 79.5 cm³/mol. The maximum Gasteiger partial charge on any atom is 0.226 e. The van der Waals surface area contributed by atoms with E-state index in [9.17, 15) is 0 Å². The van der Waals surface area contributed by atoms with Gasteiger partial charge in [-0.05, 0) is 47.1 Å². The van der Waals surface area contributed by atoms with E-state index in [-0.39, 0.29) is 0 Å². The third-order valence-corrected chi connectivity index (χ3v) is 3.33. The monoisotopic (exact) mass is 339 g/mol. The Balaban J connectivity index is 1.95. The highest BCUT2D eigenvalue weighted by atomic mass is 79.9. The number of nitrogens with zero attached hydrogens (tertiary/aromatic N) is 2. The molecule has 1 aromatic heterocycles. The van der Waals surface area contributed by atoms with Crippen molar-refractivity contribution in [3.8, 4) is 5.75 Å². The zero-order valence-corrected chi connectivity index (χ0v) is 13.2. The molecule has 2 aromatic rings. The number of halogens is 1. The van der Waals surface area contributed by atoms with Gasteiger partial charge in [0.1, 0.15) is 5.75 Å². The fourth-order valence-corrected chi connectivity index (χ4v) is 2.32. The Morgan fingerprint density at radius 2 is 2.25 bits per heavy atom. The van der Waals surface area contributed by atoms with Crippen molar-refractivity contribution in [2.45, 2.75) is 32.9 Å². The fraction of sp³-hybridized carbons (Fsp3) is 0.429. The van der Waals surface area contributed by atoms with Gasteiger partial charge in [-0.1, -0.05) is 18.1 Å². The van der Waals surface area contributed by atoms with Gasteiger partial charge in [-0.3, -0.25) is 0 Å². The summed E-state index contributed by atoms with van der Waals surface area (Å²) in [5, 5.41) is 7.00. The summed E-state index contributed by atoms with van der Waals surface area (Å²) in [5.41, 5.74) is 1.19. The molecule has 0 saturated heterocycles. The Morgan fingerprint density at radius 3 is 2.95 bits per heavy atom. The Kier molecular flexibility index (Phi) is 5.55. The smallest absolute Gasteiger partial charge is 0.226 e. The van der Waals surface area contributed by atoms with Crippen LogP contribution in [0.25, 0.3) is 0 Å². The second-order valence-electron chi connectivity index (χ2n) is 4.44. The van der Waals surface area contributed by atoms with Crippen molar-refractivity contribution in [1.82, 2.24) is 15.5 Å². The molecule has 6 heteroatoms. The van der Waals surface area contributed by atoms with Crippen LogP contribution in [0.3, 0.4) is 0 Å². The van der Waals surface area contributed by atoms with Gasteiger partial charge in [0.25, 0.3) is 0 Å². The van der Waals surface area contributed by atoms with Crippen molar-refractivity contribution >= 4 is 15.9 Å². The second kappa shape index (κ2) is 7.40. The van der Waals surface area contributed by atoms with Gasteiger partial charge in [0.2, 0.25) is 11.7 Å². The number of benzene rings is 1. The zero-order valence-electron chi connectivity index (χ0n) is 11.6. The van der Waals surface area contributed by atoms with E-state index in [1.54, 1.807) is 0 Å². The molecule has 0 spiro atoms. The Bertz CT molecular complexity index is 557. The minimum atomic E-state index is 0.303. The van der Waals surface area contributed by atoms with Crippen molar-refractivity contribution < 1.29 is 9.26 Å². The van der Waals surface area contributed by atoms with Gasteiger partial charge in [0, 0.05) is 13.0 Å². The van der Waals surface area contributed by atoms with E-state index in [2.05, 4.69) is 38.3 Å². The van der Waals surface area contributed by atoms with Crippen molar-refractivity contribution in [2.24, 2.45) is 0 Å². The molecule has 0 aliphatic rings. The number of ether oxygens (including phenoxy) is 1. The lowest BCUT2D eigenvalue weighted by Gasteiger charge is -2.08. The molecule has 0 amide bonds. The topological polar surface area (TPSA) is 60.2 Å². The average Bonchev–Trinajstić information content (AvgIpc) is 2.86. The van der Waals surface area contributed by atoms with E-state index >= 15 is 0 Å². The van der Waals surface area contributed by atoms with E-state index in [0.717, 1.165) is 29.6 Å². The lowest BCUT2D eigenvalue weighted by atomic mass is 10.2. The molecule has 1 N–H and O–H groups in total. The molecule has 108 valence electrons. The summed E-state index contributed by atoms with van der Waals surface area (Å²) in [6, 6.07) is 5.99. The van der Waals surface area contributed by atoms with Crippen molar-refractivity contribution in [1.29, 1.82) is 0 Å². The van der Waals surface area contributed by atoms with Crippen LogP contribution in [0.5, 0.6) is 5.75 Å². The molecule has 0 unspecified atom stereocenters. The molecule has 0 aliphatic heterocycles. The molecule has 0 saturated carbocycles. The van der Waals surface area contributed by atoms with E-state index in [0.29, 0.717) is 18.3 Å². The highest BCUT2D eigenvalue weighted by Crippen LogP contribution is 2.26. The quantitative estimate of drug-likeness (QED) is 0.839. The number of hydrogen-bond donors (Lipinski definition) is 1. The molecule has 1 aromatic carbocycles. The first-order valence-electron chi connectivity index (χ1n) is 6.60. The number of aryl methyl sites for hydroxylation is 1. The van der Waals surface area contributed by atoms with Crippen molar-refractivity contribution in [3.63, 3.8) is 0 Å². The fourth-order valence-electron chi connectivity index (χ4n) is 1.78. The van der Waals surface area contributed by atoms with Crippen LogP contribution in [-0.4, -0.2) is 17.2 Å². The molecule has 0 bridgehead atoms. The molecule has 5 nitrogen and oxygen atoms in total. The second-order valence-corrected chi connectivity index (χ2v) is 5.29. The SMILES string of the molecule is CCCc1nc(COc2ccc(CNC)cc2Br)no1. The van der Waals surface area contributed by atoms with Gasteiger partial charge in [-0.15, -0.1) is 0 Å².